The Balaban J connectivity index is 0.897. The number of fused-ring (bicyclic) bond motifs is 1. The molecule has 4 aromatic carbocycles. The van der Waals surface area contributed by atoms with E-state index in [0.29, 0.717) is 49.1 Å². The summed E-state index contributed by atoms with van der Waals surface area (Å²) in [5.74, 6) is 3.82. The zero-order valence-electron chi connectivity index (χ0n) is 34.2. The smallest absolute Gasteiger partial charge is 0.303 e. The predicted octanol–water partition coefficient (Wildman–Crippen LogP) is 7.42. The van der Waals surface area contributed by atoms with E-state index in [1.165, 1.54) is 0 Å². The Hall–Kier alpha value is -6.46. The van der Waals surface area contributed by atoms with Crippen LogP contribution in [0.5, 0.6) is 11.5 Å². The van der Waals surface area contributed by atoms with Gasteiger partial charge in [-0.05, 0) is 70.6 Å². The summed E-state index contributed by atoms with van der Waals surface area (Å²) in [5.41, 5.74) is 8.43. The highest BCUT2D eigenvalue weighted by molar-refractivity contribution is 8.15. The van der Waals surface area contributed by atoms with Gasteiger partial charge < -0.3 is 23.7 Å². The number of carboxylic acids is 1. The lowest BCUT2D eigenvalue weighted by Crippen LogP contribution is -2.25. The third-order valence-corrected chi connectivity index (χ3v) is 12.5. The van der Waals surface area contributed by atoms with Crippen LogP contribution in [0.25, 0.3) is 33.5 Å². The van der Waals surface area contributed by atoms with Crippen LogP contribution in [0.2, 0.25) is 0 Å². The number of carbonyl (C=O) groups excluding carboxylic acids is 2. The first-order valence-electron chi connectivity index (χ1n) is 20.3. The third kappa shape index (κ3) is 10.0. The summed E-state index contributed by atoms with van der Waals surface area (Å²) in [4.78, 5) is 45.1. The van der Waals surface area contributed by atoms with Gasteiger partial charge in [0.25, 0.3) is 5.24 Å². The van der Waals surface area contributed by atoms with Crippen LogP contribution >= 0.6 is 23.5 Å². The molecule has 3 N–H and O–H groups in total. The molecule has 1 aliphatic heterocycles. The van der Waals surface area contributed by atoms with Gasteiger partial charge in [-0.15, -0.1) is 10.2 Å². The lowest BCUT2D eigenvalue weighted by Gasteiger charge is -2.15. The second kappa shape index (κ2) is 19.5. The van der Waals surface area contributed by atoms with Crippen molar-refractivity contribution >= 4 is 51.7 Å². The van der Waals surface area contributed by atoms with Crippen molar-refractivity contribution in [2.75, 3.05) is 12.4 Å². The highest BCUT2D eigenvalue weighted by Crippen LogP contribution is 2.32. The molecule has 4 heterocycles. The first-order chi connectivity index (χ1) is 30.2. The maximum absolute atomic E-state index is 11.9. The predicted molar refractivity (Wildman–Crippen MR) is 238 cm³/mol. The van der Waals surface area contributed by atoms with Crippen molar-refractivity contribution < 1.29 is 29.0 Å². The molecule has 1 aliphatic rings. The highest BCUT2D eigenvalue weighted by atomic mass is 32.2. The number of thioether (sulfide) groups is 2. The van der Waals surface area contributed by atoms with Crippen LogP contribution in [0.1, 0.15) is 53.9 Å². The number of tetrazole rings is 1. The van der Waals surface area contributed by atoms with E-state index in [4.69, 9.17) is 19.4 Å². The van der Waals surface area contributed by atoms with Crippen LogP contribution in [0.15, 0.2) is 91.0 Å². The van der Waals surface area contributed by atoms with E-state index < -0.39 is 11.2 Å². The first-order valence-corrected chi connectivity index (χ1v) is 22.4. The number of imidazole rings is 2. The molecule has 2 amide bonds. The standard InChI is InChI=1S/C45H45N9O6S2/c1-3-7-40-47-36(37(18-19-42(55)56)54(40)25-29-12-16-33(30-8-5-4-6-9-30)34(22-29)43-49-51-52-50-43)27-61-21-20-59-32-15-17-35-38(24-32)53(2)41(46-35)26-60-31-13-10-28(11-14-31)23-39-44(57)48-45(58)62-39/h4-6,8-17,22,24,39H,3,7,18-21,23,25-27H2,1-2H3,(H,55,56)(H,48,57,58)(H,49,50,51,52). The first kappa shape index (κ1) is 42.2. The fourth-order valence-corrected chi connectivity index (χ4v) is 9.08. The number of aromatic amines is 1. The number of nitrogens with one attached hydrogen (secondary N) is 2. The number of benzene rings is 4. The number of carbonyl (C=O) groups is 3. The third-order valence-electron chi connectivity index (χ3n) is 10.5. The molecule has 1 atom stereocenters. The summed E-state index contributed by atoms with van der Waals surface area (Å²) >= 11 is 2.72. The largest absolute Gasteiger partial charge is 0.493 e. The van der Waals surface area contributed by atoms with Crippen LogP contribution in [-0.2, 0) is 54.8 Å². The quantitative estimate of drug-likeness (QED) is 0.0642. The minimum atomic E-state index is -0.850. The summed E-state index contributed by atoms with van der Waals surface area (Å²) in [7, 11) is 1.95. The van der Waals surface area contributed by atoms with E-state index in [1.807, 2.05) is 72.3 Å². The van der Waals surface area contributed by atoms with E-state index in [-0.39, 0.29) is 24.2 Å². The molecule has 1 unspecified atom stereocenters. The monoisotopic (exact) mass is 871 g/mol. The molecule has 0 aliphatic carbocycles. The number of aryl methyl sites for hydroxylation is 2. The fraction of sp³-hybridized carbons (Fsp3) is 0.289. The van der Waals surface area contributed by atoms with Crippen molar-refractivity contribution in [3.05, 3.63) is 125 Å². The molecule has 0 radical (unpaired) electrons. The molecule has 0 saturated carbocycles. The van der Waals surface area contributed by atoms with Crippen LogP contribution in [0.4, 0.5) is 4.79 Å². The number of carboxylic acid groups (broad SMARTS) is 1. The second-order valence-electron chi connectivity index (χ2n) is 14.8. The minimum Gasteiger partial charge on any atom is -0.493 e. The van der Waals surface area contributed by atoms with Crippen molar-refractivity contribution in [3.63, 3.8) is 0 Å². The normalized spacial score (nSPS) is 13.8. The van der Waals surface area contributed by atoms with Gasteiger partial charge in [0, 0.05) is 55.3 Å². The Morgan fingerprint density at radius 2 is 1.71 bits per heavy atom. The Bertz CT molecular complexity index is 2680. The van der Waals surface area contributed by atoms with E-state index in [2.05, 4.69) is 67.8 Å². The minimum absolute atomic E-state index is 0.00335. The van der Waals surface area contributed by atoms with Crippen molar-refractivity contribution in [3.8, 4) is 34.0 Å². The van der Waals surface area contributed by atoms with Gasteiger partial charge in [0.1, 0.15) is 29.8 Å². The summed E-state index contributed by atoms with van der Waals surface area (Å²) in [6.45, 7) is 3.38. The molecule has 318 valence electrons. The zero-order chi connectivity index (χ0) is 43.0. The number of nitrogens with zero attached hydrogens (tertiary/aromatic N) is 7. The molecule has 15 nitrogen and oxygen atoms in total. The molecular weight excluding hydrogens is 827 g/mol. The van der Waals surface area contributed by atoms with E-state index in [9.17, 15) is 19.5 Å². The van der Waals surface area contributed by atoms with Gasteiger partial charge in [-0.3, -0.25) is 19.7 Å². The number of amides is 2. The Morgan fingerprint density at radius 1 is 0.903 bits per heavy atom. The molecule has 0 bridgehead atoms. The van der Waals surface area contributed by atoms with E-state index in [1.54, 1.807) is 11.8 Å². The summed E-state index contributed by atoms with van der Waals surface area (Å²) in [6.07, 6.45) is 2.50. The molecular formula is C45H45N9O6S2. The second-order valence-corrected chi connectivity index (χ2v) is 17.1. The van der Waals surface area contributed by atoms with Crippen LogP contribution in [-0.4, -0.2) is 79.6 Å². The Morgan fingerprint density at radius 3 is 2.45 bits per heavy atom. The number of aromatic nitrogens is 8. The number of imide groups is 1. The van der Waals surface area contributed by atoms with Crippen LogP contribution in [0, 0.1) is 0 Å². The van der Waals surface area contributed by atoms with Crippen molar-refractivity contribution in [1.82, 2.24) is 45.0 Å². The maximum atomic E-state index is 11.9. The van der Waals surface area contributed by atoms with Gasteiger partial charge in [0.15, 0.2) is 0 Å². The van der Waals surface area contributed by atoms with E-state index >= 15 is 0 Å². The molecule has 0 spiro atoms. The van der Waals surface area contributed by atoms with Gasteiger partial charge in [-0.1, -0.05) is 73.3 Å². The topological polar surface area (TPSA) is 192 Å². The van der Waals surface area contributed by atoms with Crippen molar-refractivity contribution in [2.24, 2.45) is 7.05 Å². The summed E-state index contributed by atoms with van der Waals surface area (Å²) in [6, 6.07) is 29.7. The zero-order valence-corrected chi connectivity index (χ0v) is 35.9. The van der Waals surface area contributed by atoms with Crippen molar-refractivity contribution in [2.45, 2.75) is 63.2 Å². The maximum Gasteiger partial charge on any atom is 0.303 e. The average Bonchev–Trinajstić information content (AvgIpc) is 4.07. The van der Waals surface area contributed by atoms with Gasteiger partial charge >= 0.3 is 5.97 Å². The Kier molecular flexibility index (Phi) is 13.3. The number of hydrogen-bond donors (Lipinski definition) is 3. The number of hydrogen-bond acceptors (Lipinski definition) is 12. The number of rotatable bonds is 20. The van der Waals surface area contributed by atoms with Gasteiger partial charge in [-0.2, -0.15) is 17.0 Å². The van der Waals surface area contributed by atoms with Crippen LogP contribution in [0.3, 0.4) is 0 Å². The number of ether oxygens (including phenoxy) is 2. The summed E-state index contributed by atoms with van der Waals surface area (Å²) < 4.78 is 16.4. The van der Waals surface area contributed by atoms with Gasteiger partial charge in [-0.25, -0.2) is 9.97 Å². The summed E-state index contributed by atoms with van der Waals surface area (Å²) in [5, 5.41) is 26.3. The number of aliphatic carboxylic acids is 1. The fourth-order valence-electron chi connectivity index (χ4n) is 7.45. The molecule has 62 heavy (non-hydrogen) atoms. The Labute approximate surface area is 366 Å². The van der Waals surface area contributed by atoms with Crippen molar-refractivity contribution in [1.29, 1.82) is 0 Å². The van der Waals surface area contributed by atoms with Gasteiger partial charge in [0.05, 0.1) is 35.0 Å². The molecule has 8 rings (SSSR count). The lowest BCUT2D eigenvalue weighted by molar-refractivity contribution is -0.137. The molecule has 3 aromatic heterocycles. The molecule has 7 aromatic rings. The van der Waals surface area contributed by atoms with Crippen LogP contribution < -0.4 is 14.8 Å². The average molecular weight is 872 g/mol. The number of H-pyrrole nitrogens is 1. The highest BCUT2D eigenvalue weighted by Gasteiger charge is 2.31. The molecule has 1 fully saturated rings. The molecule has 17 heteroatoms. The van der Waals surface area contributed by atoms with E-state index in [0.717, 1.165) is 92.2 Å². The lowest BCUT2D eigenvalue weighted by atomic mass is 9.97. The SMILES string of the molecule is CCCc1nc(CSCCOc2ccc3nc(COc4ccc(CC5SC(=O)NC5=O)cc4)n(C)c3c2)c(CCC(=O)O)n1Cc1ccc(-c2ccccc2)c(-c2nn[nH]n2)c1. The molecule has 1 saturated heterocycles. The van der Waals surface area contributed by atoms with Gasteiger partial charge in [0.2, 0.25) is 11.7 Å².